The summed E-state index contributed by atoms with van der Waals surface area (Å²) >= 11 is 1.65. The monoisotopic (exact) mass is 200 g/mol. The number of hydrogen-bond acceptors (Lipinski definition) is 0. The minimum absolute atomic E-state index is 0.107. The second kappa shape index (κ2) is 3.20. The first-order valence-corrected chi connectivity index (χ1v) is 4.90. The van der Waals surface area contributed by atoms with Crippen molar-refractivity contribution in [2.45, 2.75) is 12.1 Å². The minimum atomic E-state index is -0.107. The molecule has 1 aromatic carbocycles. The molecule has 0 fully saturated rings. The van der Waals surface area contributed by atoms with Gasteiger partial charge in [-0.1, -0.05) is 0 Å². The van der Waals surface area contributed by atoms with Gasteiger partial charge in [-0.3, -0.25) is 0 Å². The summed E-state index contributed by atoms with van der Waals surface area (Å²) in [6.07, 6.45) is 0. The molecule has 0 amide bonds. The standard InChI is InChI=1S/C8H10AsF/c1-6-4-7(5-9)2-3-8(6)10/h2-4H,5,9H2,1H3. The Kier molecular flexibility index (Phi) is 2.50. The molecule has 0 aliphatic rings. The summed E-state index contributed by atoms with van der Waals surface area (Å²) in [7, 11) is 0. The normalized spacial score (nSPS) is 9.90. The Morgan fingerprint density at radius 3 is 2.70 bits per heavy atom. The van der Waals surface area contributed by atoms with Crippen LogP contribution in [0.3, 0.4) is 0 Å². The quantitative estimate of drug-likeness (QED) is 0.599. The second-order valence-corrected chi connectivity index (χ2v) is 3.14. The molecule has 0 saturated heterocycles. The van der Waals surface area contributed by atoms with Crippen molar-refractivity contribution in [3.63, 3.8) is 0 Å². The van der Waals surface area contributed by atoms with Gasteiger partial charge in [0, 0.05) is 0 Å². The maximum absolute atomic E-state index is 12.6. The van der Waals surface area contributed by atoms with Crippen LogP contribution in [0.15, 0.2) is 18.2 Å². The Balaban J connectivity index is 3.04. The first kappa shape index (κ1) is 7.81. The van der Waals surface area contributed by atoms with Crippen molar-refractivity contribution in [2.24, 2.45) is 0 Å². The van der Waals surface area contributed by atoms with E-state index in [4.69, 9.17) is 0 Å². The third-order valence-corrected chi connectivity index (χ3v) is 2.45. The molecule has 0 spiro atoms. The molecule has 0 nitrogen and oxygen atoms in total. The Hall–Kier alpha value is -0.292. The second-order valence-electron chi connectivity index (χ2n) is 2.29. The fourth-order valence-electron chi connectivity index (χ4n) is 0.834. The Labute approximate surface area is 68.9 Å². The predicted octanol–water partition coefficient (Wildman–Crippen LogP) is 1.27. The number of aryl methyl sites for hydroxylation is 1. The molecule has 0 bridgehead atoms. The van der Waals surface area contributed by atoms with Crippen LogP contribution in [0, 0.1) is 12.7 Å². The number of halogens is 1. The van der Waals surface area contributed by atoms with E-state index in [9.17, 15) is 4.39 Å². The molecule has 0 radical (unpaired) electrons. The van der Waals surface area contributed by atoms with Crippen molar-refractivity contribution < 1.29 is 4.39 Å². The molecule has 1 unspecified atom stereocenters. The number of benzene rings is 1. The molecule has 0 N–H and O–H groups in total. The molecule has 10 heavy (non-hydrogen) atoms. The zero-order chi connectivity index (χ0) is 7.56. The van der Waals surface area contributed by atoms with Gasteiger partial charge < -0.3 is 0 Å². The van der Waals surface area contributed by atoms with E-state index in [0.29, 0.717) is 0 Å². The van der Waals surface area contributed by atoms with Crippen LogP contribution in [0.1, 0.15) is 11.1 Å². The van der Waals surface area contributed by atoms with E-state index in [1.54, 1.807) is 23.8 Å². The molecule has 0 heterocycles. The molecule has 1 aromatic rings. The van der Waals surface area contributed by atoms with Gasteiger partial charge >= 0.3 is 68.5 Å². The first-order valence-electron chi connectivity index (χ1n) is 3.19. The van der Waals surface area contributed by atoms with Crippen LogP contribution in [-0.2, 0) is 5.21 Å². The maximum atomic E-state index is 12.6. The molecule has 0 aliphatic heterocycles. The topological polar surface area (TPSA) is 0 Å². The van der Waals surface area contributed by atoms with Crippen molar-refractivity contribution >= 4 is 16.9 Å². The third-order valence-electron chi connectivity index (χ3n) is 1.46. The first-order chi connectivity index (χ1) is 4.74. The molecular weight excluding hydrogens is 190 g/mol. The van der Waals surface area contributed by atoms with Crippen LogP contribution >= 0.6 is 0 Å². The summed E-state index contributed by atoms with van der Waals surface area (Å²) in [5.41, 5.74) is 1.97. The fourth-order valence-corrected chi connectivity index (χ4v) is 1.37. The van der Waals surface area contributed by atoms with Gasteiger partial charge in [0.15, 0.2) is 0 Å². The van der Waals surface area contributed by atoms with Gasteiger partial charge in [0.05, 0.1) is 0 Å². The average molecular weight is 200 g/mol. The molecule has 0 aromatic heterocycles. The Morgan fingerprint density at radius 1 is 1.50 bits per heavy atom. The molecule has 0 saturated carbocycles. The van der Waals surface area contributed by atoms with Crippen LogP contribution in [-0.4, -0.2) is 16.9 Å². The van der Waals surface area contributed by atoms with E-state index < -0.39 is 0 Å². The van der Waals surface area contributed by atoms with E-state index in [0.717, 1.165) is 10.8 Å². The van der Waals surface area contributed by atoms with E-state index in [-0.39, 0.29) is 5.82 Å². The SMILES string of the molecule is Cc1cc(C[AsH2])ccc1F. The van der Waals surface area contributed by atoms with Crippen LogP contribution < -0.4 is 0 Å². The van der Waals surface area contributed by atoms with E-state index in [1.165, 1.54) is 11.6 Å². The summed E-state index contributed by atoms with van der Waals surface area (Å²) in [6, 6.07) is 5.27. The van der Waals surface area contributed by atoms with E-state index >= 15 is 0 Å². The Bertz CT molecular complexity index is 233. The molecule has 1 atom stereocenters. The molecule has 1 rings (SSSR count). The molecule has 0 aliphatic carbocycles. The third kappa shape index (κ3) is 1.60. The zero-order valence-corrected chi connectivity index (χ0v) is 8.32. The van der Waals surface area contributed by atoms with Crippen molar-refractivity contribution in [3.8, 4) is 0 Å². The van der Waals surface area contributed by atoms with Gasteiger partial charge in [0.25, 0.3) is 0 Å². The van der Waals surface area contributed by atoms with Crippen LogP contribution in [0.4, 0.5) is 4.39 Å². The summed E-state index contributed by atoms with van der Waals surface area (Å²) in [6.45, 7) is 1.79. The summed E-state index contributed by atoms with van der Waals surface area (Å²) in [5, 5.41) is 1.04. The summed E-state index contributed by atoms with van der Waals surface area (Å²) in [4.78, 5) is 0. The van der Waals surface area contributed by atoms with Crippen molar-refractivity contribution in [3.05, 3.63) is 35.1 Å². The van der Waals surface area contributed by atoms with Crippen LogP contribution in [0.25, 0.3) is 0 Å². The molecule has 2 heteroatoms. The van der Waals surface area contributed by atoms with Gasteiger partial charge in [0.1, 0.15) is 0 Å². The van der Waals surface area contributed by atoms with Gasteiger partial charge in [-0.2, -0.15) is 0 Å². The number of hydrogen-bond donors (Lipinski definition) is 0. The molecular formula is C8H10AsF. The fraction of sp³-hybridized carbons (Fsp3) is 0.250. The molecule has 54 valence electrons. The van der Waals surface area contributed by atoms with Crippen molar-refractivity contribution in [1.82, 2.24) is 0 Å². The van der Waals surface area contributed by atoms with Gasteiger partial charge in [-0.05, 0) is 0 Å². The van der Waals surface area contributed by atoms with E-state index in [2.05, 4.69) is 0 Å². The van der Waals surface area contributed by atoms with Gasteiger partial charge in [-0.15, -0.1) is 0 Å². The van der Waals surface area contributed by atoms with E-state index in [1.807, 2.05) is 12.1 Å². The Morgan fingerprint density at radius 2 is 2.20 bits per heavy atom. The zero-order valence-electron chi connectivity index (χ0n) is 5.89. The van der Waals surface area contributed by atoms with Crippen molar-refractivity contribution in [2.75, 3.05) is 0 Å². The van der Waals surface area contributed by atoms with Crippen LogP contribution in [0.5, 0.6) is 0 Å². The average Bonchev–Trinajstić information content (AvgIpc) is 1.95. The summed E-state index contributed by atoms with van der Waals surface area (Å²) in [5.74, 6) is -0.107. The summed E-state index contributed by atoms with van der Waals surface area (Å²) < 4.78 is 12.6. The van der Waals surface area contributed by atoms with Gasteiger partial charge in [-0.25, -0.2) is 0 Å². The number of rotatable bonds is 1. The predicted molar refractivity (Wildman–Crippen MR) is 43.4 cm³/mol. The van der Waals surface area contributed by atoms with Crippen molar-refractivity contribution in [1.29, 1.82) is 0 Å². The van der Waals surface area contributed by atoms with Crippen LogP contribution in [0.2, 0.25) is 0 Å². The van der Waals surface area contributed by atoms with Gasteiger partial charge in [0.2, 0.25) is 0 Å².